The van der Waals surface area contributed by atoms with Crippen LogP contribution in [0.3, 0.4) is 0 Å². The molecule has 0 atom stereocenters. The first-order valence-corrected chi connectivity index (χ1v) is 3.96. The molecule has 0 aliphatic carbocycles. The fourth-order valence-electron chi connectivity index (χ4n) is 0.752. The number of unbranched alkanes of at least 4 members (excludes halogenated alkanes) is 2. The number of ether oxygens (including phenoxy) is 1. The van der Waals surface area contributed by atoms with Crippen LogP contribution in [-0.4, -0.2) is 12.6 Å². The maximum Gasteiger partial charge on any atom is 0.305 e. The molecule has 2 nitrogen and oxygen atoms in total. The first kappa shape index (κ1) is 13.9. The van der Waals surface area contributed by atoms with Gasteiger partial charge in [-0.15, -0.1) is 0 Å². The van der Waals surface area contributed by atoms with Gasteiger partial charge in [0.05, 0.1) is 6.61 Å². The summed E-state index contributed by atoms with van der Waals surface area (Å²) in [6.07, 6.45) is 3.83. The number of rotatable bonds is 5. The van der Waals surface area contributed by atoms with Gasteiger partial charge < -0.3 is 4.74 Å². The molecule has 0 rings (SSSR count). The van der Waals surface area contributed by atoms with Crippen molar-refractivity contribution in [3.05, 3.63) is 0 Å². The Morgan fingerprint density at radius 3 is 2.36 bits per heavy atom. The van der Waals surface area contributed by atoms with E-state index in [1.807, 2.05) is 6.92 Å². The summed E-state index contributed by atoms with van der Waals surface area (Å²) in [5, 5.41) is 0. The monoisotopic (exact) mass is 189 g/mol. The fourth-order valence-corrected chi connectivity index (χ4v) is 0.752. The molecule has 0 saturated heterocycles. The topological polar surface area (TPSA) is 26.3 Å². The van der Waals surface area contributed by atoms with Gasteiger partial charge in [0, 0.05) is 32.3 Å². The van der Waals surface area contributed by atoms with E-state index < -0.39 is 0 Å². The normalized spacial score (nSPS) is 8.55. The van der Waals surface area contributed by atoms with Gasteiger partial charge in [-0.05, 0) is 13.3 Å². The van der Waals surface area contributed by atoms with Crippen LogP contribution < -0.4 is 0 Å². The van der Waals surface area contributed by atoms with E-state index in [1.165, 1.54) is 0 Å². The standard InChI is InChI=1S/C8H16O2.Sc/c1-3-5-6-7-8(9)10-4-2;/h3-7H2,1-2H3;. The predicted octanol–water partition coefficient (Wildman–Crippen LogP) is 2.13. The first-order valence-electron chi connectivity index (χ1n) is 3.96. The second kappa shape index (κ2) is 10.3. The van der Waals surface area contributed by atoms with Gasteiger partial charge in [-0.25, -0.2) is 0 Å². The molecule has 0 bridgehead atoms. The van der Waals surface area contributed by atoms with Crippen molar-refractivity contribution in [1.82, 2.24) is 0 Å². The molecule has 0 spiro atoms. The summed E-state index contributed by atoms with van der Waals surface area (Å²) in [6.45, 7) is 4.45. The summed E-state index contributed by atoms with van der Waals surface area (Å²) < 4.78 is 4.75. The van der Waals surface area contributed by atoms with Crippen molar-refractivity contribution >= 4 is 5.97 Å². The molecule has 63 valence electrons. The van der Waals surface area contributed by atoms with Gasteiger partial charge >= 0.3 is 5.97 Å². The Morgan fingerprint density at radius 1 is 1.27 bits per heavy atom. The van der Waals surface area contributed by atoms with Crippen LogP contribution in [0.1, 0.15) is 39.5 Å². The fraction of sp³-hybridized carbons (Fsp3) is 0.875. The number of esters is 1. The number of carbonyl (C=O) groups excluding carboxylic acids is 1. The molecule has 0 saturated carbocycles. The Morgan fingerprint density at radius 2 is 1.91 bits per heavy atom. The minimum absolute atomic E-state index is 0. The van der Waals surface area contributed by atoms with Gasteiger partial charge in [0.15, 0.2) is 0 Å². The Hall–Kier alpha value is 0.340. The summed E-state index contributed by atoms with van der Waals surface area (Å²) in [5.74, 6) is -0.0593. The summed E-state index contributed by atoms with van der Waals surface area (Å²) in [5.41, 5.74) is 0. The van der Waals surface area contributed by atoms with Crippen LogP contribution in [0.25, 0.3) is 0 Å². The molecule has 11 heavy (non-hydrogen) atoms. The van der Waals surface area contributed by atoms with Gasteiger partial charge in [0.25, 0.3) is 0 Å². The van der Waals surface area contributed by atoms with Crippen molar-refractivity contribution in [2.75, 3.05) is 6.61 Å². The zero-order valence-electron chi connectivity index (χ0n) is 7.43. The molecule has 1 radical (unpaired) electrons. The Labute approximate surface area is 87.5 Å². The van der Waals surface area contributed by atoms with Crippen LogP contribution in [-0.2, 0) is 35.4 Å². The van der Waals surface area contributed by atoms with Gasteiger partial charge in [0.2, 0.25) is 0 Å². The SMILES string of the molecule is CCCCCC(=O)OCC.[Sc]. The van der Waals surface area contributed by atoms with Crippen molar-refractivity contribution in [3.63, 3.8) is 0 Å². The predicted molar refractivity (Wildman–Crippen MR) is 40.8 cm³/mol. The molecular formula is C8H16O2Sc. The quantitative estimate of drug-likeness (QED) is 0.489. The molecule has 3 heteroatoms. The molecule has 0 heterocycles. The molecule has 0 aromatic rings. The van der Waals surface area contributed by atoms with E-state index in [4.69, 9.17) is 4.74 Å². The molecule has 0 amide bonds. The van der Waals surface area contributed by atoms with Gasteiger partial charge in [-0.1, -0.05) is 19.8 Å². The molecule has 0 N–H and O–H groups in total. The molecule has 0 aliphatic rings. The maximum absolute atomic E-state index is 10.7. The first-order chi connectivity index (χ1) is 4.81. The Kier molecular flexibility index (Phi) is 13.1. The molecule has 0 aromatic heterocycles. The van der Waals surface area contributed by atoms with E-state index in [2.05, 4.69) is 6.92 Å². The van der Waals surface area contributed by atoms with Crippen LogP contribution in [0.15, 0.2) is 0 Å². The van der Waals surface area contributed by atoms with E-state index in [1.54, 1.807) is 0 Å². The molecule has 0 aromatic carbocycles. The van der Waals surface area contributed by atoms with Crippen molar-refractivity contribution in [2.45, 2.75) is 39.5 Å². The maximum atomic E-state index is 10.7. The van der Waals surface area contributed by atoms with Crippen LogP contribution in [0.4, 0.5) is 0 Å². The molecule has 0 fully saturated rings. The zero-order chi connectivity index (χ0) is 7.82. The summed E-state index contributed by atoms with van der Waals surface area (Å²) in [6, 6.07) is 0. The molecule has 0 aliphatic heterocycles. The van der Waals surface area contributed by atoms with Crippen LogP contribution in [0, 0.1) is 0 Å². The second-order valence-electron chi connectivity index (χ2n) is 2.26. The average Bonchev–Trinajstić information content (AvgIpc) is 1.89. The summed E-state index contributed by atoms with van der Waals surface area (Å²) in [7, 11) is 0. The largest absolute Gasteiger partial charge is 0.466 e. The van der Waals surface area contributed by atoms with E-state index in [-0.39, 0.29) is 31.8 Å². The van der Waals surface area contributed by atoms with Crippen molar-refractivity contribution in [2.24, 2.45) is 0 Å². The summed E-state index contributed by atoms with van der Waals surface area (Å²) in [4.78, 5) is 10.7. The minimum atomic E-state index is -0.0593. The Bertz CT molecular complexity index is 94.1. The van der Waals surface area contributed by atoms with Crippen LogP contribution in [0.2, 0.25) is 0 Å². The average molecular weight is 189 g/mol. The summed E-state index contributed by atoms with van der Waals surface area (Å²) >= 11 is 0. The van der Waals surface area contributed by atoms with E-state index >= 15 is 0 Å². The second-order valence-corrected chi connectivity index (χ2v) is 2.26. The van der Waals surface area contributed by atoms with Gasteiger partial charge in [0.1, 0.15) is 0 Å². The minimum Gasteiger partial charge on any atom is -0.466 e. The van der Waals surface area contributed by atoms with Gasteiger partial charge in [-0.3, -0.25) is 4.79 Å². The van der Waals surface area contributed by atoms with E-state index in [9.17, 15) is 4.79 Å². The van der Waals surface area contributed by atoms with E-state index in [0.717, 1.165) is 19.3 Å². The number of carbonyl (C=O) groups is 1. The smallest absolute Gasteiger partial charge is 0.305 e. The third-order valence-corrected chi connectivity index (χ3v) is 1.29. The van der Waals surface area contributed by atoms with Crippen molar-refractivity contribution in [3.8, 4) is 0 Å². The Balaban J connectivity index is 0. The van der Waals surface area contributed by atoms with Gasteiger partial charge in [-0.2, -0.15) is 0 Å². The van der Waals surface area contributed by atoms with Crippen LogP contribution >= 0.6 is 0 Å². The van der Waals surface area contributed by atoms with Crippen molar-refractivity contribution in [1.29, 1.82) is 0 Å². The molecular weight excluding hydrogens is 173 g/mol. The zero-order valence-corrected chi connectivity index (χ0v) is 9.23. The number of hydrogen-bond acceptors (Lipinski definition) is 2. The third-order valence-electron chi connectivity index (χ3n) is 1.29. The number of hydrogen-bond donors (Lipinski definition) is 0. The molecule has 0 unspecified atom stereocenters. The van der Waals surface area contributed by atoms with Crippen molar-refractivity contribution < 1.29 is 35.4 Å². The third kappa shape index (κ3) is 10.3. The van der Waals surface area contributed by atoms with Crippen LogP contribution in [0.5, 0.6) is 0 Å². The van der Waals surface area contributed by atoms with E-state index in [0.29, 0.717) is 13.0 Å².